The van der Waals surface area contributed by atoms with Crippen LogP contribution in [0.5, 0.6) is 11.5 Å². The van der Waals surface area contributed by atoms with Crippen molar-refractivity contribution in [2.24, 2.45) is 5.92 Å². The molecule has 0 saturated carbocycles. The smallest absolute Gasteiger partial charge is 0.251 e. The standard InChI is InChI=1S/C28H29FN4O4S/c1-36-22-4-3-20-26(27(22)29)19-10-16(14-37-23(19)12-30-20)13-33-8-6-18(7-9-33)31-28(35)17-2-5-24-21(11-17)32-25(34)15-38-24/h2-5,11-12,16,18H,6-10,13-15H2,1H3,(H,31,35)(H,32,34). The number of hydrogen-bond acceptors (Lipinski definition) is 7. The summed E-state index contributed by atoms with van der Waals surface area (Å²) in [6.07, 6.45) is 4.10. The third-order valence-electron chi connectivity index (χ3n) is 7.51. The molecule has 1 atom stereocenters. The molecular formula is C28H29FN4O4S. The molecular weight excluding hydrogens is 507 g/mol. The van der Waals surface area contributed by atoms with Crippen LogP contribution in [0.1, 0.15) is 28.8 Å². The first-order chi connectivity index (χ1) is 18.5. The molecule has 3 aliphatic heterocycles. The number of anilines is 1. The molecule has 1 fully saturated rings. The van der Waals surface area contributed by atoms with E-state index in [0.717, 1.165) is 42.9 Å². The first-order valence-electron chi connectivity index (χ1n) is 12.9. The van der Waals surface area contributed by atoms with Gasteiger partial charge in [0, 0.05) is 53.0 Å². The molecule has 2 N–H and O–H groups in total. The number of likely N-dealkylation sites (tertiary alicyclic amines) is 1. The van der Waals surface area contributed by atoms with Crippen molar-refractivity contribution in [1.29, 1.82) is 0 Å². The monoisotopic (exact) mass is 536 g/mol. The molecule has 0 spiro atoms. The molecule has 198 valence electrons. The lowest BCUT2D eigenvalue weighted by molar-refractivity contribution is -0.113. The number of ether oxygens (including phenoxy) is 2. The molecule has 3 aromatic rings. The summed E-state index contributed by atoms with van der Waals surface area (Å²) in [5.74, 6) is 0.917. The van der Waals surface area contributed by atoms with Crippen molar-refractivity contribution < 1.29 is 23.5 Å². The van der Waals surface area contributed by atoms with E-state index in [1.54, 1.807) is 24.4 Å². The topological polar surface area (TPSA) is 92.8 Å². The van der Waals surface area contributed by atoms with E-state index in [1.165, 1.54) is 18.9 Å². The number of carbonyl (C=O) groups excluding carboxylic acids is 2. The molecule has 1 unspecified atom stereocenters. The van der Waals surface area contributed by atoms with Gasteiger partial charge in [-0.05, 0) is 49.6 Å². The van der Waals surface area contributed by atoms with Crippen LogP contribution in [0.4, 0.5) is 10.1 Å². The van der Waals surface area contributed by atoms with E-state index in [0.29, 0.717) is 46.7 Å². The lowest BCUT2D eigenvalue weighted by Crippen LogP contribution is -2.46. The second-order valence-corrected chi connectivity index (χ2v) is 11.1. The van der Waals surface area contributed by atoms with Crippen molar-refractivity contribution >= 4 is 40.2 Å². The van der Waals surface area contributed by atoms with Crippen LogP contribution in [0.15, 0.2) is 41.4 Å². The zero-order chi connectivity index (χ0) is 26.2. The van der Waals surface area contributed by atoms with Gasteiger partial charge in [-0.2, -0.15) is 0 Å². The Morgan fingerprint density at radius 2 is 2.13 bits per heavy atom. The Morgan fingerprint density at radius 1 is 1.29 bits per heavy atom. The molecule has 2 amide bonds. The van der Waals surface area contributed by atoms with Crippen LogP contribution in [0, 0.1) is 11.7 Å². The van der Waals surface area contributed by atoms with Crippen LogP contribution in [0.2, 0.25) is 0 Å². The SMILES string of the molecule is COc1ccc2ncc3c(c2c1F)CC(CN1CCC(NC(=O)c2ccc4c(c2)NC(=O)CS4)CC1)CO3. The number of hydrogen-bond donors (Lipinski definition) is 2. The van der Waals surface area contributed by atoms with E-state index >= 15 is 4.39 Å². The van der Waals surface area contributed by atoms with Crippen molar-refractivity contribution in [3.8, 4) is 11.5 Å². The molecule has 6 rings (SSSR count). The van der Waals surface area contributed by atoms with Crippen molar-refractivity contribution in [2.75, 3.05) is 44.4 Å². The van der Waals surface area contributed by atoms with Gasteiger partial charge in [0.1, 0.15) is 5.75 Å². The second kappa shape index (κ2) is 10.4. The number of rotatable bonds is 5. The van der Waals surface area contributed by atoms with Crippen molar-refractivity contribution in [1.82, 2.24) is 15.2 Å². The van der Waals surface area contributed by atoms with Crippen molar-refractivity contribution in [3.05, 3.63) is 53.5 Å². The number of aromatic nitrogens is 1. The van der Waals surface area contributed by atoms with Crippen LogP contribution < -0.4 is 20.1 Å². The molecule has 1 saturated heterocycles. The number of halogens is 1. The molecule has 0 bridgehead atoms. The average molecular weight is 537 g/mol. The molecule has 4 heterocycles. The number of thioether (sulfide) groups is 1. The molecule has 1 aromatic heterocycles. The molecule has 0 aliphatic carbocycles. The number of pyridine rings is 1. The summed E-state index contributed by atoms with van der Waals surface area (Å²) in [5.41, 5.74) is 2.71. The Hall–Kier alpha value is -3.37. The van der Waals surface area contributed by atoms with Crippen LogP contribution in [0.3, 0.4) is 0 Å². The Bertz CT molecular complexity index is 1400. The van der Waals surface area contributed by atoms with Gasteiger partial charge in [-0.15, -0.1) is 11.8 Å². The normalized spacial score (nSPS) is 19.7. The number of nitrogens with one attached hydrogen (secondary N) is 2. The van der Waals surface area contributed by atoms with Gasteiger partial charge in [-0.3, -0.25) is 14.6 Å². The number of fused-ring (bicyclic) bond motifs is 4. The molecule has 0 radical (unpaired) electrons. The number of nitrogens with zero attached hydrogens (tertiary/aromatic N) is 2. The van der Waals surface area contributed by atoms with E-state index in [9.17, 15) is 9.59 Å². The Morgan fingerprint density at radius 3 is 2.95 bits per heavy atom. The summed E-state index contributed by atoms with van der Waals surface area (Å²) in [7, 11) is 1.46. The summed E-state index contributed by atoms with van der Waals surface area (Å²) in [6.45, 7) is 3.14. The van der Waals surface area contributed by atoms with E-state index < -0.39 is 5.82 Å². The van der Waals surface area contributed by atoms with Crippen LogP contribution in [-0.4, -0.2) is 66.8 Å². The first kappa shape index (κ1) is 24.9. The van der Waals surface area contributed by atoms with Crippen LogP contribution in [-0.2, 0) is 11.2 Å². The van der Waals surface area contributed by atoms with E-state index in [1.807, 2.05) is 12.1 Å². The maximum absolute atomic E-state index is 15.1. The van der Waals surface area contributed by atoms with Gasteiger partial charge in [-0.1, -0.05) is 0 Å². The zero-order valence-electron chi connectivity index (χ0n) is 21.1. The third-order valence-corrected chi connectivity index (χ3v) is 8.58. The number of methoxy groups -OCH3 is 1. The lowest BCUT2D eigenvalue weighted by Gasteiger charge is -2.36. The number of amides is 2. The number of piperidine rings is 1. The van der Waals surface area contributed by atoms with Gasteiger partial charge < -0.3 is 25.0 Å². The van der Waals surface area contributed by atoms with Gasteiger partial charge >= 0.3 is 0 Å². The quantitative estimate of drug-likeness (QED) is 0.511. The maximum Gasteiger partial charge on any atom is 0.251 e. The lowest BCUT2D eigenvalue weighted by atomic mass is 9.92. The van der Waals surface area contributed by atoms with E-state index in [-0.39, 0.29) is 29.5 Å². The molecule has 38 heavy (non-hydrogen) atoms. The predicted octanol–water partition coefficient (Wildman–Crippen LogP) is 3.87. The Kier molecular flexibility index (Phi) is 6.84. The predicted molar refractivity (Wildman–Crippen MR) is 144 cm³/mol. The molecule has 2 aromatic carbocycles. The summed E-state index contributed by atoms with van der Waals surface area (Å²) < 4.78 is 26.3. The second-order valence-electron chi connectivity index (χ2n) is 10.1. The van der Waals surface area contributed by atoms with Crippen LogP contribution >= 0.6 is 11.8 Å². The van der Waals surface area contributed by atoms with Gasteiger partial charge in [0.15, 0.2) is 11.6 Å². The van der Waals surface area contributed by atoms with Gasteiger partial charge in [-0.25, -0.2) is 4.39 Å². The maximum atomic E-state index is 15.1. The average Bonchev–Trinajstić information content (AvgIpc) is 2.93. The van der Waals surface area contributed by atoms with Crippen LogP contribution in [0.25, 0.3) is 10.9 Å². The fourth-order valence-corrected chi connectivity index (χ4v) is 6.33. The van der Waals surface area contributed by atoms with Gasteiger partial charge in [0.05, 0.1) is 36.9 Å². The highest BCUT2D eigenvalue weighted by atomic mass is 32.2. The molecule has 8 nitrogen and oxygen atoms in total. The highest BCUT2D eigenvalue weighted by Gasteiger charge is 2.29. The van der Waals surface area contributed by atoms with Crippen molar-refractivity contribution in [3.63, 3.8) is 0 Å². The fraction of sp³-hybridized carbons (Fsp3) is 0.393. The van der Waals surface area contributed by atoms with E-state index in [4.69, 9.17) is 9.47 Å². The summed E-state index contributed by atoms with van der Waals surface area (Å²) in [5, 5.41) is 6.48. The highest BCUT2D eigenvalue weighted by Crippen LogP contribution is 2.37. The summed E-state index contributed by atoms with van der Waals surface area (Å²) in [4.78, 5) is 32.3. The third kappa shape index (κ3) is 4.90. The Labute approximate surface area is 224 Å². The highest BCUT2D eigenvalue weighted by molar-refractivity contribution is 8.00. The first-order valence-corrected chi connectivity index (χ1v) is 13.8. The molecule has 10 heteroatoms. The van der Waals surface area contributed by atoms with Crippen molar-refractivity contribution in [2.45, 2.75) is 30.2 Å². The number of benzene rings is 2. The minimum Gasteiger partial charge on any atom is -0.494 e. The molecule has 3 aliphatic rings. The van der Waals surface area contributed by atoms with Gasteiger partial charge in [0.25, 0.3) is 5.91 Å². The summed E-state index contributed by atoms with van der Waals surface area (Å²) >= 11 is 1.48. The van der Waals surface area contributed by atoms with E-state index in [2.05, 4.69) is 20.5 Å². The minimum atomic E-state index is -0.393. The number of carbonyl (C=O) groups is 2. The largest absolute Gasteiger partial charge is 0.494 e. The minimum absolute atomic E-state index is 0.0472. The summed E-state index contributed by atoms with van der Waals surface area (Å²) in [6, 6.07) is 8.93. The zero-order valence-corrected chi connectivity index (χ0v) is 21.9. The Balaban J connectivity index is 1.05. The fourth-order valence-electron chi connectivity index (χ4n) is 5.55. The van der Waals surface area contributed by atoms with Gasteiger partial charge in [0.2, 0.25) is 5.91 Å².